The number of carbonyl (C=O) groups excluding carboxylic acids is 1. The number of nitrogens with one attached hydrogen (secondary N) is 1. The number of allylic oxidation sites excluding steroid dienone is 4. The molecule has 0 aromatic heterocycles. The minimum atomic E-state index is -0.429. The molecule has 0 spiro atoms. The van der Waals surface area contributed by atoms with Crippen LogP contribution in [0.1, 0.15) is 30.4 Å². The molecule has 178 valence electrons. The molecule has 0 amide bonds. The molecule has 0 heterocycles. The highest BCUT2D eigenvalue weighted by atomic mass is 19.3. The highest BCUT2D eigenvalue weighted by molar-refractivity contribution is 6.01. The number of aldehydes is 1. The van der Waals surface area contributed by atoms with E-state index in [0.29, 0.717) is 23.8 Å². The fraction of sp³-hybridized carbons (Fsp3) is 0.222. The van der Waals surface area contributed by atoms with Crippen molar-refractivity contribution in [3.8, 4) is 17.6 Å². The van der Waals surface area contributed by atoms with Gasteiger partial charge < -0.3 is 19.7 Å². The van der Waals surface area contributed by atoms with Gasteiger partial charge in [-0.1, -0.05) is 55.1 Å². The van der Waals surface area contributed by atoms with Gasteiger partial charge in [0.25, 0.3) is 0 Å². The standard InChI is InChI=1S/C26H26N2O3.CH3FO/c1-3-5-6-21(4-2)26(28)19-31-24-11-7-20(8-12-24)18-30-25-13-9-22(10-14-25)23(17-27)15-16-29;1-3-2/h3-14,16,23,28H,2,15,18-19H2,1H3;1H3/b5-3-,21-6+,28-26?;. The minimum absolute atomic E-state index is 0.158. The lowest BCUT2D eigenvalue weighted by molar-refractivity contribution is -0.108. The fourth-order valence-electron chi connectivity index (χ4n) is 2.74. The van der Waals surface area contributed by atoms with Crippen LogP contribution < -0.4 is 9.47 Å². The van der Waals surface area contributed by atoms with Gasteiger partial charge in [-0.15, -0.1) is 0 Å². The molecule has 0 fully saturated rings. The van der Waals surface area contributed by atoms with E-state index in [1.165, 1.54) is 0 Å². The number of hydrogen-bond donors (Lipinski definition) is 1. The highest BCUT2D eigenvalue weighted by Crippen LogP contribution is 2.22. The summed E-state index contributed by atoms with van der Waals surface area (Å²) in [6, 6.07) is 16.8. The molecule has 2 aromatic rings. The van der Waals surface area contributed by atoms with Crippen molar-refractivity contribution in [3.63, 3.8) is 0 Å². The average molecular weight is 465 g/mol. The van der Waals surface area contributed by atoms with Gasteiger partial charge in [0.15, 0.2) is 0 Å². The first-order valence-electron chi connectivity index (χ1n) is 10.5. The van der Waals surface area contributed by atoms with E-state index >= 15 is 0 Å². The summed E-state index contributed by atoms with van der Waals surface area (Å²) in [6.45, 7) is 6.19. The van der Waals surface area contributed by atoms with Crippen molar-refractivity contribution < 1.29 is 23.7 Å². The van der Waals surface area contributed by atoms with Crippen LogP contribution in [0.15, 0.2) is 85.0 Å². The first-order chi connectivity index (χ1) is 16.5. The van der Waals surface area contributed by atoms with E-state index in [2.05, 4.69) is 17.6 Å². The molecule has 1 unspecified atom stereocenters. The fourth-order valence-corrected chi connectivity index (χ4v) is 2.74. The third kappa shape index (κ3) is 10.1. The maximum Gasteiger partial charge on any atom is 0.130 e. The number of benzene rings is 2. The second-order valence-electron chi connectivity index (χ2n) is 6.86. The molecule has 0 aliphatic heterocycles. The molecule has 34 heavy (non-hydrogen) atoms. The Labute approximate surface area is 200 Å². The van der Waals surface area contributed by atoms with Crippen LogP contribution >= 0.6 is 0 Å². The van der Waals surface area contributed by atoms with Crippen LogP contribution in [0.3, 0.4) is 0 Å². The molecule has 0 radical (unpaired) electrons. The van der Waals surface area contributed by atoms with Gasteiger partial charge in [0, 0.05) is 6.42 Å². The lowest BCUT2D eigenvalue weighted by Crippen LogP contribution is -2.11. The lowest BCUT2D eigenvalue weighted by Gasteiger charge is -2.11. The highest BCUT2D eigenvalue weighted by Gasteiger charge is 2.10. The summed E-state index contributed by atoms with van der Waals surface area (Å²) in [5, 5.41) is 17.2. The second-order valence-corrected chi connectivity index (χ2v) is 6.86. The summed E-state index contributed by atoms with van der Waals surface area (Å²) in [5.74, 6) is 0.928. The molecule has 2 rings (SSSR count). The Morgan fingerprint density at radius 1 is 1.15 bits per heavy atom. The van der Waals surface area contributed by atoms with Gasteiger partial charge in [0.05, 0.1) is 24.8 Å². The van der Waals surface area contributed by atoms with Gasteiger partial charge in [-0.2, -0.15) is 10.2 Å². The molecule has 0 aliphatic rings. The summed E-state index contributed by atoms with van der Waals surface area (Å²) in [4.78, 5) is 13.4. The van der Waals surface area contributed by atoms with E-state index in [9.17, 15) is 9.32 Å². The summed E-state index contributed by atoms with van der Waals surface area (Å²) < 4.78 is 21.3. The maximum absolute atomic E-state index is 10.6. The van der Waals surface area contributed by atoms with Gasteiger partial charge in [0.1, 0.15) is 31.0 Å². The Hall–Kier alpha value is -4.02. The average Bonchev–Trinajstić information content (AvgIpc) is 2.86. The molecule has 0 bridgehead atoms. The van der Waals surface area contributed by atoms with Crippen LogP contribution in [0.2, 0.25) is 0 Å². The van der Waals surface area contributed by atoms with E-state index < -0.39 is 5.92 Å². The molecule has 7 heteroatoms. The molecule has 0 aliphatic carbocycles. The number of nitrogens with zero attached hydrogens (tertiary/aromatic N) is 1. The van der Waals surface area contributed by atoms with E-state index in [4.69, 9.17) is 20.1 Å². The van der Waals surface area contributed by atoms with Crippen molar-refractivity contribution in [1.29, 1.82) is 10.7 Å². The Balaban J connectivity index is 0.00000182. The molecule has 2 aromatic carbocycles. The molecule has 1 N–H and O–H groups in total. The minimum Gasteiger partial charge on any atom is -0.489 e. The molecule has 0 saturated carbocycles. The predicted octanol–water partition coefficient (Wildman–Crippen LogP) is 6.07. The van der Waals surface area contributed by atoms with Gasteiger partial charge in [-0.25, -0.2) is 0 Å². The van der Waals surface area contributed by atoms with Crippen LogP contribution in [0.4, 0.5) is 4.53 Å². The third-order valence-corrected chi connectivity index (χ3v) is 4.52. The second kappa shape index (κ2) is 16.6. The van der Waals surface area contributed by atoms with Crippen LogP contribution in [0, 0.1) is 16.7 Å². The van der Waals surface area contributed by atoms with Crippen molar-refractivity contribution in [1.82, 2.24) is 0 Å². The number of hydrogen-bond acceptors (Lipinski definition) is 6. The molecule has 6 nitrogen and oxygen atoms in total. The van der Waals surface area contributed by atoms with Crippen molar-refractivity contribution in [2.75, 3.05) is 13.7 Å². The summed E-state index contributed by atoms with van der Waals surface area (Å²) in [6.07, 6.45) is 8.17. The zero-order valence-corrected chi connectivity index (χ0v) is 19.4. The van der Waals surface area contributed by atoms with Crippen molar-refractivity contribution in [2.45, 2.75) is 25.9 Å². The zero-order valence-electron chi connectivity index (χ0n) is 19.4. The van der Waals surface area contributed by atoms with Gasteiger partial charge in [0.2, 0.25) is 0 Å². The molecular formula is C27H29FN2O4. The Morgan fingerprint density at radius 2 is 1.74 bits per heavy atom. The number of nitriles is 1. The third-order valence-electron chi connectivity index (χ3n) is 4.52. The van der Waals surface area contributed by atoms with Gasteiger partial charge in [-0.05, 0) is 52.4 Å². The summed E-state index contributed by atoms with van der Waals surface area (Å²) in [5.41, 5.74) is 2.86. The monoisotopic (exact) mass is 464 g/mol. The topological polar surface area (TPSA) is 92.4 Å². The number of carbonyl (C=O) groups is 1. The zero-order chi connectivity index (χ0) is 25.2. The molecule has 1 atom stereocenters. The van der Waals surface area contributed by atoms with E-state index in [1.807, 2.05) is 49.4 Å². The van der Waals surface area contributed by atoms with Crippen molar-refractivity contribution >= 4 is 12.0 Å². The van der Waals surface area contributed by atoms with E-state index in [0.717, 1.165) is 30.1 Å². The Kier molecular flexibility index (Phi) is 13.7. The summed E-state index contributed by atoms with van der Waals surface area (Å²) in [7, 11) is 0.958. The quantitative estimate of drug-likeness (QED) is 0.234. The number of halogens is 1. The lowest BCUT2D eigenvalue weighted by atomic mass is 9.98. The normalized spacial score (nSPS) is 11.5. The Morgan fingerprint density at radius 3 is 2.26 bits per heavy atom. The molecule has 0 saturated heterocycles. The molecular weight excluding hydrogens is 435 g/mol. The van der Waals surface area contributed by atoms with Crippen LogP contribution in [0.25, 0.3) is 0 Å². The number of rotatable bonds is 12. The van der Waals surface area contributed by atoms with Crippen LogP contribution in [0.5, 0.6) is 11.5 Å². The van der Waals surface area contributed by atoms with Crippen LogP contribution in [-0.4, -0.2) is 25.7 Å². The number of ether oxygens (including phenoxy) is 2. The van der Waals surface area contributed by atoms with Gasteiger partial charge >= 0.3 is 0 Å². The predicted molar refractivity (Wildman–Crippen MR) is 131 cm³/mol. The van der Waals surface area contributed by atoms with Crippen molar-refractivity contribution in [3.05, 3.63) is 96.1 Å². The van der Waals surface area contributed by atoms with Crippen molar-refractivity contribution in [2.24, 2.45) is 0 Å². The smallest absolute Gasteiger partial charge is 0.130 e. The van der Waals surface area contributed by atoms with E-state index in [-0.39, 0.29) is 13.0 Å². The largest absolute Gasteiger partial charge is 0.489 e. The van der Waals surface area contributed by atoms with E-state index in [1.54, 1.807) is 30.3 Å². The first-order valence-corrected chi connectivity index (χ1v) is 10.5. The first kappa shape index (κ1) is 28.0. The SMILES string of the molecule is C=C/C(=C\C=C/C)C(=N)COc1ccc(COc2ccc(C(C#N)CC=O)cc2)cc1.COF. The summed E-state index contributed by atoms with van der Waals surface area (Å²) >= 11 is 0. The maximum atomic E-state index is 10.6. The van der Waals surface area contributed by atoms with Crippen LogP contribution in [-0.2, 0) is 16.3 Å². The van der Waals surface area contributed by atoms with Gasteiger partial charge in [-0.3, -0.25) is 0 Å². The Bertz CT molecular complexity index is 1010.